The number of halogens is 1. The van der Waals surface area contributed by atoms with E-state index in [1.807, 2.05) is 0 Å². The molecule has 1 amide bonds. The lowest BCUT2D eigenvalue weighted by Crippen LogP contribution is -2.49. The molecule has 25 heavy (non-hydrogen) atoms. The number of hydrogen-bond donors (Lipinski definition) is 1. The molecule has 2 heterocycles. The predicted molar refractivity (Wildman–Crippen MR) is 91.0 cm³/mol. The molecule has 1 aromatic heterocycles. The van der Waals surface area contributed by atoms with E-state index in [2.05, 4.69) is 15.0 Å². The Kier molecular flexibility index (Phi) is 5.85. The van der Waals surface area contributed by atoms with Gasteiger partial charge in [-0.1, -0.05) is 16.8 Å². The molecule has 0 radical (unpaired) electrons. The van der Waals surface area contributed by atoms with Gasteiger partial charge in [-0.15, -0.1) is 0 Å². The van der Waals surface area contributed by atoms with Crippen molar-refractivity contribution in [2.24, 2.45) is 5.73 Å². The van der Waals surface area contributed by atoms with Gasteiger partial charge in [0.1, 0.15) is 5.75 Å². The number of carbonyl (C=O) groups is 1. The molecule has 0 atom stereocenters. The average Bonchev–Trinajstić information content (AvgIpc) is 3.09. The summed E-state index contributed by atoms with van der Waals surface area (Å²) in [5.74, 6) is 1.65. The van der Waals surface area contributed by atoms with Crippen LogP contribution in [0.3, 0.4) is 0 Å². The molecule has 0 unspecified atom stereocenters. The highest BCUT2D eigenvalue weighted by molar-refractivity contribution is 6.30. The maximum Gasteiger partial charge on any atom is 0.260 e. The lowest BCUT2D eigenvalue weighted by molar-refractivity contribution is -0.135. The van der Waals surface area contributed by atoms with Crippen molar-refractivity contribution in [3.8, 4) is 5.75 Å². The van der Waals surface area contributed by atoms with Gasteiger partial charge in [0.15, 0.2) is 12.4 Å². The van der Waals surface area contributed by atoms with Gasteiger partial charge in [-0.05, 0) is 24.3 Å². The standard InChI is InChI=1S/C16H20ClN5O3/c17-12-1-3-13(4-2-12)24-11-16(23)22-7-5-21(6-8-22)10-14-19-15(9-18)25-20-14/h1-4H,5-11,18H2. The average molecular weight is 366 g/mol. The first kappa shape index (κ1) is 17.7. The molecule has 2 aromatic rings. The third-order valence-electron chi connectivity index (χ3n) is 3.95. The van der Waals surface area contributed by atoms with Gasteiger partial charge < -0.3 is 19.9 Å². The summed E-state index contributed by atoms with van der Waals surface area (Å²) in [6.07, 6.45) is 0. The molecule has 1 aliphatic heterocycles. The fourth-order valence-corrected chi connectivity index (χ4v) is 2.69. The maximum atomic E-state index is 12.2. The molecule has 8 nitrogen and oxygen atoms in total. The second-order valence-electron chi connectivity index (χ2n) is 5.71. The van der Waals surface area contributed by atoms with E-state index in [4.69, 9.17) is 26.6 Å². The van der Waals surface area contributed by atoms with Crippen LogP contribution in [0.1, 0.15) is 11.7 Å². The molecule has 9 heteroatoms. The molecule has 1 fully saturated rings. The second kappa shape index (κ2) is 8.28. The van der Waals surface area contributed by atoms with Gasteiger partial charge in [0.05, 0.1) is 13.1 Å². The summed E-state index contributed by atoms with van der Waals surface area (Å²) in [7, 11) is 0. The van der Waals surface area contributed by atoms with Crippen molar-refractivity contribution < 1.29 is 14.1 Å². The maximum absolute atomic E-state index is 12.2. The zero-order chi connectivity index (χ0) is 17.6. The Morgan fingerprint density at radius 3 is 2.60 bits per heavy atom. The summed E-state index contributed by atoms with van der Waals surface area (Å²) in [6.45, 7) is 3.63. The molecular formula is C16H20ClN5O3. The first-order chi connectivity index (χ1) is 12.1. The summed E-state index contributed by atoms with van der Waals surface area (Å²) >= 11 is 5.82. The van der Waals surface area contributed by atoms with Gasteiger partial charge in [-0.3, -0.25) is 9.69 Å². The van der Waals surface area contributed by atoms with E-state index in [1.165, 1.54) is 0 Å². The van der Waals surface area contributed by atoms with Crippen molar-refractivity contribution in [1.82, 2.24) is 19.9 Å². The molecule has 1 aromatic carbocycles. The number of hydrogen-bond acceptors (Lipinski definition) is 7. The smallest absolute Gasteiger partial charge is 0.260 e. The molecule has 2 N–H and O–H groups in total. The zero-order valence-electron chi connectivity index (χ0n) is 13.7. The van der Waals surface area contributed by atoms with Crippen LogP contribution in [-0.4, -0.2) is 58.6 Å². The van der Waals surface area contributed by atoms with E-state index >= 15 is 0 Å². The lowest BCUT2D eigenvalue weighted by Gasteiger charge is -2.34. The van der Waals surface area contributed by atoms with E-state index in [0.29, 0.717) is 42.1 Å². The first-order valence-corrected chi connectivity index (χ1v) is 8.42. The number of amides is 1. The highest BCUT2D eigenvalue weighted by Crippen LogP contribution is 2.15. The quantitative estimate of drug-likeness (QED) is 0.812. The highest BCUT2D eigenvalue weighted by Gasteiger charge is 2.22. The van der Waals surface area contributed by atoms with Gasteiger partial charge in [-0.2, -0.15) is 4.98 Å². The molecule has 0 saturated carbocycles. The van der Waals surface area contributed by atoms with Crippen LogP contribution in [0.15, 0.2) is 28.8 Å². The van der Waals surface area contributed by atoms with Crippen LogP contribution in [0.4, 0.5) is 0 Å². The van der Waals surface area contributed by atoms with E-state index < -0.39 is 0 Å². The molecule has 0 bridgehead atoms. The van der Waals surface area contributed by atoms with E-state index in [0.717, 1.165) is 13.1 Å². The van der Waals surface area contributed by atoms with E-state index in [1.54, 1.807) is 29.2 Å². The number of aromatic nitrogens is 2. The van der Waals surface area contributed by atoms with Crippen LogP contribution in [0.25, 0.3) is 0 Å². The van der Waals surface area contributed by atoms with Gasteiger partial charge >= 0.3 is 0 Å². The van der Waals surface area contributed by atoms with Crippen molar-refractivity contribution in [2.45, 2.75) is 13.1 Å². The number of ether oxygens (including phenoxy) is 1. The zero-order valence-corrected chi connectivity index (χ0v) is 14.5. The molecule has 1 saturated heterocycles. The van der Waals surface area contributed by atoms with E-state index in [9.17, 15) is 4.79 Å². The largest absolute Gasteiger partial charge is 0.484 e. The van der Waals surface area contributed by atoms with E-state index in [-0.39, 0.29) is 19.1 Å². The minimum atomic E-state index is -0.0282. The van der Waals surface area contributed by atoms with Crippen LogP contribution >= 0.6 is 11.6 Å². The Morgan fingerprint density at radius 1 is 1.24 bits per heavy atom. The minimum absolute atomic E-state index is 0.0202. The Bertz CT molecular complexity index is 698. The Labute approximate surface area is 150 Å². The Balaban J connectivity index is 1.41. The summed E-state index contributed by atoms with van der Waals surface area (Å²) < 4.78 is 10.5. The summed E-state index contributed by atoms with van der Waals surface area (Å²) in [5.41, 5.74) is 5.45. The number of piperazine rings is 1. The predicted octanol–water partition coefficient (Wildman–Crippen LogP) is 0.905. The summed E-state index contributed by atoms with van der Waals surface area (Å²) in [6, 6.07) is 6.95. The summed E-state index contributed by atoms with van der Waals surface area (Å²) in [5, 5.41) is 4.52. The van der Waals surface area contributed by atoms with Crippen LogP contribution in [0.2, 0.25) is 5.02 Å². The molecule has 134 valence electrons. The molecular weight excluding hydrogens is 346 g/mol. The van der Waals surface area contributed by atoms with Gasteiger partial charge in [0, 0.05) is 31.2 Å². The number of rotatable bonds is 6. The van der Waals surface area contributed by atoms with Gasteiger partial charge in [0.25, 0.3) is 5.91 Å². The van der Waals surface area contributed by atoms with Crippen LogP contribution < -0.4 is 10.5 Å². The minimum Gasteiger partial charge on any atom is -0.484 e. The number of benzene rings is 1. The molecule has 0 aliphatic carbocycles. The Hall–Kier alpha value is -2.16. The fraction of sp³-hybridized carbons (Fsp3) is 0.438. The number of nitrogens with two attached hydrogens (primary N) is 1. The molecule has 3 rings (SSSR count). The number of carbonyl (C=O) groups excluding carboxylic acids is 1. The third kappa shape index (κ3) is 4.91. The van der Waals surface area contributed by atoms with Crippen molar-refractivity contribution in [3.63, 3.8) is 0 Å². The topological polar surface area (TPSA) is 97.7 Å². The fourth-order valence-electron chi connectivity index (χ4n) is 2.56. The SMILES string of the molecule is NCc1nc(CN2CCN(C(=O)COc3ccc(Cl)cc3)CC2)no1. The lowest BCUT2D eigenvalue weighted by atomic mass is 10.3. The van der Waals surface area contributed by atoms with Crippen molar-refractivity contribution in [1.29, 1.82) is 0 Å². The molecule has 0 spiro atoms. The molecule has 1 aliphatic rings. The van der Waals surface area contributed by atoms with Crippen LogP contribution in [-0.2, 0) is 17.9 Å². The highest BCUT2D eigenvalue weighted by atomic mass is 35.5. The monoisotopic (exact) mass is 365 g/mol. The van der Waals surface area contributed by atoms with Gasteiger partial charge in [-0.25, -0.2) is 0 Å². The van der Waals surface area contributed by atoms with Gasteiger partial charge in [0.2, 0.25) is 5.89 Å². The van der Waals surface area contributed by atoms with Crippen molar-refractivity contribution >= 4 is 17.5 Å². The number of nitrogens with zero attached hydrogens (tertiary/aromatic N) is 4. The first-order valence-electron chi connectivity index (χ1n) is 8.04. The van der Waals surface area contributed by atoms with Crippen molar-refractivity contribution in [2.75, 3.05) is 32.8 Å². The van der Waals surface area contributed by atoms with Crippen LogP contribution in [0, 0.1) is 0 Å². The normalized spacial score (nSPS) is 15.4. The summed E-state index contributed by atoms with van der Waals surface area (Å²) in [4.78, 5) is 20.4. The third-order valence-corrected chi connectivity index (χ3v) is 4.20. The Morgan fingerprint density at radius 2 is 1.96 bits per heavy atom. The van der Waals surface area contributed by atoms with Crippen molar-refractivity contribution in [3.05, 3.63) is 41.0 Å². The second-order valence-corrected chi connectivity index (χ2v) is 6.14. The van der Waals surface area contributed by atoms with Crippen LogP contribution in [0.5, 0.6) is 5.75 Å².